The summed E-state index contributed by atoms with van der Waals surface area (Å²) in [5, 5.41) is 18.5. The molecule has 0 unspecified atom stereocenters. The van der Waals surface area contributed by atoms with E-state index in [0.29, 0.717) is 17.5 Å². The standard InChI is InChI=1S/C23H22N6O.H2/c1-2-18-11-20-21(27-23(18)30)10-17(14-26-20)15-28-5-7-29(8-6-28)22-4-3-16(12-24)9-19(22)13-25;/h3-4,9-11,14H,2,5-8,15H2,1H3,(H,27,30);1H. The van der Waals surface area contributed by atoms with Crippen molar-refractivity contribution in [2.45, 2.75) is 19.9 Å². The molecule has 3 heterocycles. The molecule has 2 aromatic heterocycles. The van der Waals surface area contributed by atoms with Gasteiger partial charge in [0.15, 0.2) is 0 Å². The highest BCUT2D eigenvalue weighted by Crippen LogP contribution is 2.23. The van der Waals surface area contributed by atoms with Crippen molar-refractivity contribution in [3.05, 3.63) is 69.1 Å². The summed E-state index contributed by atoms with van der Waals surface area (Å²) in [5.74, 6) is 0. The lowest BCUT2D eigenvalue weighted by Crippen LogP contribution is -2.46. The van der Waals surface area contributed by atoms with Gasteiger partial charge in [0, 0.05) is 45.9 Å². The van der Waals surface area contributed by atoms with Crippen LogP contribution in [0.15, 0.2) is 41.3 Å². The first-order valence-electron chi connectivity index (χ1n) is 10.0. The number of nitrogens with one attached hydrogen (secondary N) is 1. The molecule has 1 aromatic carbocycles. The number of nitrogens with zero attached hydrogens (tertiary/aromatic N) is 5. The Labute approximate surface area is 176 Å². The Kier molecular flexibility index (Phi) is 5.47. The zero-order chi connectivity index (χ0) is 21.1. The van der Waals surface area contributed by atoms with Crippen LogP contribution < -0.4 is 10.5 Å². The monoisotopic (exact) mass is 400 g/mol. The normalized spacial score (nSPS) is 14.4. The predicted octanol–water partition coefficient (Wildman–Crippen LogP) is 2.80. The fourth-order valence-electron chi connectivity index (χ4n) is 3.89. The van der Waals surface area contributed by atoms with Gasteiger partial charge in [-0.15, -0.1) is 0 Å². The van der Waals surface area contributed by atoms with E-state index < -0.39 is 0 Å². The summed E-state index contributed by atoms with van der Waals surface area (Å²) >= 11 is 0. The van der Waals surface area contributed by atoms with Crippen molar-refractivity contribution in [1.82, 2.24) is 14.9 Å². The molecule has 7 heteroatoms. The van der Waals surface area contributed by atoms with E-state index in [-0.39, 0.29) is 6.99 Å². The number of anilines is 1. The van der Waals surface area contributed by atoms with Crippen molar-refractivity contribution < 1.29 is 1.43 Å². The van der Waals surface area contributed by atoms with Crippen LogP contribution in [0.3, 0.4) is 0 Å². The van der Waals surface area contributed by atoms with Gasteiger partial charge in [0.1, 0.15) is 6.07 Å². The van der Waals surface area contributed by atoms with Crippen molar-refractivity contribution in [3.8, 4) is 12.1 Å². The van der Waals surface area contributed by atoms with Gasteiger partial charge < -0.3 is 9.88 Å². The number of hydrogen-bond donors (Lipinski definition) is 1. The molecule has 1 N–H and O–H groups in total. The summed E-state index contributed by atoms with van der Waals surface area (Å²) < 4.78 is 0. The number of fused-ring (bicyclic) bond motifs is 1. The Morgan fingerprint density at radius 2 is 1.93 bits per heavy atom. The second-order valence-corrected chi connectivity index (χ2v) is 7.47. The minimum atomic E-state index is -0.0479. The molecule has 152 valence electrons. The molecular weight excluding hydrogens is 376 g/mol. The smallest absolute Gasteiger partial charge is 0.251 e. The zero-order valence-corrected chi connectivity index (χ0v) is 16.9. The van der Waals surface area contributed by atoms with Crippen molar-refractivity contribution in [1.29, 1.82) is 10.5 Å². The summed E-state index contributed by atoms with van der Waals surface area (Å²) in [7, 11) is 0. The molecule has 1 fully saturated rings. The number of aromatic nitrogens is 2. The summed E-state index contributed by atoms with van der Waals surface area (Å²) in [5.41, 5.74) is 5.26. The Bertz CT molecular complexity index is 1230. The molecule has 3 aromatic rings. The Morgan fingerprint density at radius 1 is 1.13 bits per heavy atom. The quantitative estimate of drug-likeness (QED) is 0.723. The van der Waals surface area contributed by atoms with Crippen LogP contribution >= 0.6 is 0 Å². The number of piperazine rings is 1. The van der Waals surface area contributed by atoms with E-state index in [9.17, 15) is 10.1 Å². The summed E-state index contributed by atoms with van der Waals surface area (Å²) in [6, 6.07) is 13.4. The molecule has 30 heavy (non-hydrogen) atoms. The molecule has 4 rings (SSSR count). The Balaban J connectivity index is 0.00000272. The van der Waals surface area contributed by atoms with Crippen molar-refractivity contribution >= 4 is 16.7 Å². The van der Waals surface area contributed by atoms with E-state index in [4.69, 9.17) is 5.26 Å². The van der Waals surface area contributed by atoms with Crippen molar-refractivity contribution in [2.24, 2.45) is 0 Å². The number of benzene rings is 1. The average Bonchev–Trinajstić information content (AvgIpc) is 2.78. The number of pyridine rings is 2. The minimum absolute atomic E-state index is 0. The maximum Gasteiger partial charge on any atom is 0.251 e. The van der Waals surface area contributed by atoms with E-state index >= 15 is 0 Å². The largest absolute Gasteiger partial charge is 0.368 e. The number of nitriles is 2. The van der Waals surface area contributed by atoms with E-state index in [2.05, 4.69) is 31.9 Å². The molecule has 1 saturated heterocycles. The summed E-state index contributed by atoms with van der Waals surface area (Å²) in [6.45, 7) is 6.04. The van der Waals surface area contributed by atoms with Gasteiger partial charge in [0.25, 0.3) is 5.56 Å². The second kappa shape index (κ2) is 8.36. The third-order valence-electron chi connectivity index (χ3n) is 5.57. The fraction of sp³-hybridized carbons (Fsp3) is 0.304. The third-order valence-corrected chi connectivity index (χ3v) is 5.57. The molecule has 1 aliphatic heterocycles. The van der Waals surface area contributed by atoms with Crippen LogP contribution in [0.2, 0.25) is 0 Å². The molecule has 0 radical (unpaired) electrons. The van der Waals surface area contributed by atoms with E-state index in [1.165, 1.54) is 0 Å². The zero-order valence-electron chi connectivity index (χ0n) is 16.9. The van der Waals surface area contributed by atoms with E-state index in [0.717, 1.165) is 60.6 Å². The van der Waals surface area contributed by atoms with Crippen LogP contribution in [0.5, 0.6) is 0 Å². The van der Waals surface area contributed by atoms with Crippen LogP contribution in [0, 0.1) is 22.7 Å². The first-order chi connectivity index (χ1) is 14.6. The van der Waals surface area contributed by atoms with Gasteiger partial charge in [-0.2, -0.15) is 10.5 Å². The van der Waals surface area contributed by atoms with Gasteiger partial charge in [-0.05, 0) is 42.3 Å². The Morgan fingerprint density at radius 3 is 2.63 bits per heavy atom. The van der Waals surface area contributed by atoms with Crippen molar-refractivity contribution in [2.75, 3.05) is 31.1 Å². The highest BCUT2D eigenvalue weighted by Gasteiger charge is 2.20. The van der Waals surface area contributed by atoms with Crippen LogP contribution in [0.4, 0.5) is 5.69 Å². The van der Waals surface area contributed by atoms with Gasteiger partial charge in [-0.1, -0.05) is 6.92 Å². The predicted molar refractivity (Wildman–Crippen MR) is 117 cm³/mol. The highest BCUT2D eigenvalue weighted by atomic mass is 16.1. The summed E-state index contributed by atoms with van der Waals surface area (Å²) in [6.07, 6.45) is 2.56. The molecule has 0 spiro atoms. The number of rotatable bonds is 4. The lowest BCUT2D eigenvalue weighted by molar-refractivity contribution is 0.249. The summed E-state index contributed by atoms with van der Waals surface area (Å²) in [4.78, 5) is 24.1. The second-order valence-electron chi connectivity index (χ2n) is 7.47. The van der Waals surface area contributed by atoms with Crippen molar-refractivity contribution in [3.63, 3.8) is 0 Å². The maximum atomic E-state index is 12.1. The van der Waals surface area contributed by atoms with Gasteiger partial charge in [-0.3, -0.25) is 14.7 Å². The third kappa shape index (κ3) is 3.89. The maximum absolute atomic E-state index is 12.1. The molecule has 0 saturated carbocycles. The fourth-order valence-corrected chi connectivity index (χ4v) is 3.89. The van der Waals surface area contributed by atoms with E-state index in [1.807, 2.05) is 31.3 Å². The average molecular weight is 400 g/mol. The number of aromatic amines is 1. The molecule has 0 aliphatic carbocycles. The lowest BCUT2D eigenvalue weighted by atomic mass is 10.1. The van der Waals surface area contributed by atoms with Gasteiger partial charge in [0.2, 0.25) is 0 Å². The number of hydrogen-bond acceptors (Lipinski definition) is 6. The highest BCUT2D eigenvalue weighted by molar-refractivity contribution is 5.74. The Hall–Kier alpha value is -3.68. The van der Waals surface area contributed by atoms with Crippen LogP contribution in [0.25, 0.3) is 11.0 Å². The number of aryl methyl sites for hydroxylation is 1. The molecule has 0 amide bonds. The molecule has 1 aliphatic rings. The lowest BCUT2D eigenvalue weighted by Gasteiger charge is -2.36. The number of H-pyrrole nitrogens is 1. The van der Waals surface area contributed by atoms with Gasteiger partial charge >= 0.3 is 0 Å². The van der Waals surface area contributed by atoms with Gasteiger partial charge in [-0.25, -0.2) is 0 Å². The molecule has 0 atom stereocenters. The first kappa shape index (κ1) is 19.6. The van der Waals surface area contributed by atoms with Gasteiger partial charge in [0.05, 0.1) is 33.9 Å². The van der Waals surface area contributed by atoms with E-state index in [1.54, 1.807) is 12.1 Å². The molecule has 0 bridgehead atoms. The van der Waals surface area contributed by atoms with Crippen LogP contribution in [-0.2, 0) is 13.0 Å². The minimum Gasteiger partial charge on any atom is -0.368 e. The molecule has 7 nitrogen and oxygen atoms in total. The SMILES string of the molecule is CCc1cc2ncc(CN3CCN(c4ccc(C#N)cc4C#N)CC3)cc2[nH]c1=O.[HH]. The van der Waals surface area contributed by atoms with Crippen LogP contribution in [-0.4, -0.2) is 41.0 Å². The molecular formula is C23H24N6O. The first-order valence-corrected chi connectivity index (χ1v) is 10.0. The topological polar surface area (TPSA) is 99.8 Å². The van der Waals surface area contributed by atoms with Crippen LogP contribution in [0.1, 0.15) is 30.6 Å².